The average molecular weight is 214 g/mol. The SMILES string of the molecule is CC(C)CCNC(=O)CNCC(C)(C)C. The summed E-state index contributed by atoms with van der Waals surface area (Å²) < 4.78 is 0. The molecular weight excluding hydrogens is 188 g/mol. The van der Waals surface area contributed by atoms with Crippen molar-refractivity contribution in [2.45, 2.75) is 41.0 Å². The summed E-state index contributed by atoms with van der Waals surface area (Å²) in [6, 6.07) is 0. The van der Waals surface area contributed by atoms with Crippen molar-refractivity contribution < 1.29 is 4.79 Å². The van der Waals surface area contributed by atoms with Crippen LogP contribution in [-0.2, 0) is 4.79 Å². The molecule has 0 aromatic carbocycles. The Balaban J connectivity index is 3.42. The fraction of sp³-hybridized carbons (Fsp3) is 0.917. The van der Waals surface area contributed by atoms with Crippen LogP contribution in [-0.4, -0.2) is 25.5 Å². The molecule has 0 fully saturated rings. The van der Waals surface area contributed by atoms with Crippen LogP contribution in [0.3, 0.4) is 0 Å². The highest BCUT2D eigenvalue weighted by Gasteiger charge is 2.10. The molecule has 0 saturated carbocycles. The number of carbonyl (C=O) groups is 1. The number of carbonyl (C=O) groups excluding carboxylic acids is 1. The summed E-state index contributed by atoms with van der Waals surface area (Å²) in [6.45, 7) is 12.8. The standard InChI is InChI=1S/C12H26N2O/c1-10(2)6-7-14-11(15)8-13-9-12(3,4)5/h10,13H,6-9H2,1-5H3,(H,14,15). The van der Waals surface area contributed by atoms with Crippen molar-refractivity contribution in [1.82, 2.24) is 10.6 Å². The van der Waals surface area contributed by atoms with Gasteiger partial charge in [0.15, 0.2) is 0 Å². The second kappa shape index (κ2) is 6.83. The van der Waals surface area contributed by atoms with Gasteiger partial charge in [0.1, 0.15) is 0 Å². The molecule has 0 atom stereocenters. The molecule has 90 valence electrons. The molecule has 0 radical (unpaired) electrons. The number of nitrogens with one attached hydrogen (secondary N) is 2. The molecule has 0 saturated heterocycles. The van der Waals surface area contributed by atoms with Crippen LogP contribution >= 0.6 is 0 Å². The van der Waals surface area contributed by atoms with E-state index < -0.39 is 0 Å². The van der Waals surface area contributed by atoms with E-state index in [0.717, 1.165) is 19.5 Å². The number of hydrogen-bond acceptors (Lipinski definition) is 2. The van der Waals surface area contributed by atoms with Gasteiger partial charge in [0.05, 0.1) is 6.54 Å². The molecule has 0 bridgehead atoms. The highest BCUT2D eigenvalue weighted by atomic mass is 16.1. The number of hydrogen-bond donors (Lipinski definition) is 2. The summed E-state index contributed by atoms with van der Waals surface area (Å²) in [5, 5.41) is 6.05. The lowest BCUT2D eigenvalue weighted by molar-refractivity contribution is -0.120. The van der Waals surface area contributed by atoms with Crippen LogP contribution < -0.4 is 10.6 Å². The summed E-state index contributed by atoms with van der Waals surface area (Å²) in [4.78, 5) is 11.3. The smallest absolute Gasteiger partial charge is 0.233 e. The van der Waals surface area contributed by atoms with E-state index in [1.165, 1.54) is 0 Å². The van der Waals surface area contributed by atoms with Gasteiger partial charge in [0, 0.05) is 13.1 Å². The van der Waals surface area contributed by atoms with Crippen LogP contribution in [0.25, 0.3) is 0 Å². The number of rotatable bonds is 6. The van der Waals surface area contributed by atoms with Gasteiger partial charge in [-0.3, -0.25) is 4.79 Å². The van der Waals surface area contributed by atoms with Gasteiger partial charge in [0.2, 0.25) is 5.91 Å². The summed E-state index contributed by atoms with van der Waals surface area (Å²) in [7, 11) is 0. The molecule has 1 amide bonds. The Bertz CT molecular complexity index is 183. The highest BCUT2D eigenvalue weighted by Crippen LogP contribution is 2.09. The van der Waals surface area contributed by atoms with Crippen LogP contribution in [0.5, 0.6) is 0 Å². The number of amides is 1. The van der Waals surface area contributed by atoms with Crippen LogP contribution in [0.15, 0.2) is 0 Å². The van der Waals surface area contributed by atoms with Crippen molar-refractivity contribution >= 4 is 5.91 Å². The predicted octanol–water partition coefficient (Wildman–Crippen LogP) is 1.78. The van der Waals surface area contributed by atoms with E-state index in [-0.39, 0.29) is 11.3 Å². The zero-order chi connectivity index (χ0) is 11.9. The van der Waals surface area contributed by atoms with Crippen LogP contribution in [0.1, 0.15) is 41.0 Å². The summed E-state index contributed by atoms with van der Waals surface area (Å²) in [5.41, 5.74) is 0.234. The Morgan fingerprint density at radius 2 is 1.87 bits per heavy atom. The van der Waals surface area contributed by atoms with E-state index in [1.54, 1.807) is 0 Å². The van der Waals surface area contributed by atoms with Gasteiger partial charge in [-0.15, -0.1) is 0 Å². The molecule has 15 heavy (non-hydrogen) atoms. The van der Waals surface area contributed by atoms with E-state index in [4.69, 9.17) is 0 Å². The third-order valence-corrected chi connectivity index (χ3v) is 1.98. The molecule has 0 aliphatic rings. The monoisotopic (exact) mass is 214 g/mol. The van der Waals surface area contributed by atoms with E-state index in [2.05, 4.69) is 45.3 Å². The Labute approximate surface area is 94.0 Å². The third kappa shape index (κ3) is 11.4. The first-order chi connectivity index (χ1) is 6.81. The molecule has 0 aliphatic heterocycles. The van der Waals surface area contributed by atoms with Crippen molar-refractivity contribution in [3.63, 3.8) is 0 Å². The predicted molar refractivity (Wildman–Crippen MR) is 64.8 cm³/mol. The fourth-order valence-electron chi connectivity index (χ4n) is 1.11. The minimum Gasteiger partial charge on any atom is -0.355 e. The third-order valence-electron chi connectivity index (χ3n) is 1.98. The molecule has 0 aromatic heterocycles. The van der Waals surface area contributed by atoms with Crippen LogP contribution in [0, 0.1) is 11.3 Å². The molecule has 0 unspecified atom stereocenters. The minimum absolute atomic E-state index is 0.0971. The second-order valence-electron chi connectivity index (χ2n) is 5.70. The van der Waals surface area contributed by atoms with Crippen molar-refractivity contribution in [3.8, 4) is 0 Å². The maximum atomic E-state index is 11.3. The molecule has 0 spiro atoms. The van der Waals surface area contributed by atoms with Gasteiger partial charge in [-0.1, -0.05) is 34.6 Å². The Morgan fingerprint density at radius 1 is 1.27 bits per heavy atom. The largest absolute Gasteiger partial charge is 0.355 e. The van der Waals surface area contributed by atoms with Gasteiger partial charge >= 0.3 is 0 Å². The summed E-state index contributed by atoms with van der Waals surface area (Å²) in [5.74, 6) is 0.743. The lowest BCUT2D eigenvalue weighted by atomic mass is 9.97. The minimum atomic E-state index is 0.0971. The Morgan fingerprint density at radius 3 is 2.33 bits per heavy atom. The molecular formula is C12H26N2O. The van der Waals surface area contributed by atoms with Gasteiger partial charge in [0.25, 0.3) is 0 Å². The lowest BCUT2D eigenvalue weighted by Gasteiger charge is -2.18. The normalized spacial score (nSPS) is 11.9. The topological polar surface area (TPSA) is 41.1 Å². The van der Waals surface area contributed by atoms with E-state index >= 15 is 0 Å². The maximum absolute atomic E-state index is 11.3. The Kier molecular flexibility index (Phi) is 6.57. The molecule has 0 rings (SSSR count). The lowest BCUT2D eigenvalue weighted by Crippen LogP contribution is -2.37. The van der Waals surface area contributed by atoms with Crippen LogP contribution in [0.4, 0.5) is 0 Å². The van der Waals surface area contributed by atoms with Gasteiger partial charge in [-0.2, -0.15) is 0 Å². The molecule has 2 N–H and O–H groups in total. The van der Waals surface area contributed by atoms with Crippen molar-refractivity contribution in [2.24, 2.45) is 11.3 Å². The van der Waals surface area contributed by atoms with Crippen molar-refractivity contribution in [3.05, 3.63) is 0 Å². The fourth-order valence-corrected chi connectivity index (χ4v) is 1.11. The van der Waals surface area contributed by atoms with Crippen molar-refractivity contribution in [2.75, 3.05) is 19.6 Å². The summed E-state index contributed by atoms with van der Waals surface area (Å²) in [6.07, 6.45) is 1.05. The second-order valence-corrected chi connectivity index (χ2v) is 5.70. The van der Waals surface area contributed by atoms with Gasteiger partial charge in [-0.05, 0) is 17.8 Å². The molecule has 3 nitrogen and oxygen atoms in total. The first-order valence-electron chi connectivity index (χ1n) is 5.78. The van der Waals surface area contributed by atoms with Gasteiger partial charge < -0.3 is 10.6 Å². The molecule has 3 heteroatoms. The van der Waals surface area contributed by atoms with E-state index in [0.29, 0.717) is 12.5 Å². The first kappa shape index (κ1) is 14.4. The summed E-state index contributed by atoms with van der Waals surface area (Å²) >= 11 is 0. The first-order valence-corrected chi connectivity index (χ1v) is 5.78. The van der Waals surface area contributed by atoms with E-state index in [1.807, 2.05) is 0 Å². The van der Waals surface area contributed by atoms with Gasteiger partial charge in [-0.25, -0.2) is 0 Å². The Hall–Kier alpha value is -0.570. The zero-order valence-corrected chi connectivity index (χ0v) is 10.8. The highest BCUT2D eigenvalue weighted by molar-refractivity contribution is 5.77. The maximum Gasteiger partial charge on any atom is 0.233 e. The quantitative estimate of drug-likeness (QED) is 0.707. The average Bonchev–Trinajstić information content (AvgIpc) is 2.00. The van der Waals surface area contributed by atoms with Crippen molar-refractivity contribution in [1.29, 1.82) is 0 Å². The van der Waals surface area contributed by atoms with E-state index in [9.17, 15) is 4.79 Å². The molecule has 0 aliphatic carbocycles. The molecule has 0 heterocycles. The zero-order valence-electron chi connectivity index (χ0n) is 10.8. The van der Waals surface area contributed by atoms with Crippen LogP contribution in [0.2, 0.25) is 0 Å². The molecule has 0 aromatic rings.